The predicted molar refractivity (Wildman–Crippen MR) is 65.4 cm³/mol. The van der Waals surface area contributed by atoms with Gasteiger partial charge in [-0.1, -0.05) is 0 Å². The summed E-state index contributed by atoms with van der Waals surface area (Å²) in [6, 6.07) is 5.80. The second kappa shape index (κ2) is 5.38. The maximum atomic E-state index is 9.51. The van der Waals surface area contributed by atoms with Crippen LogP contribution in [0, 0.1) is 0 Å². The van der Waals surface area contributed by atoms with Crippen molar-refractivity contribution < 1.29 is 14.6 Å². The maximum Gasteiger partial charge on any atom is 0.123 e. The molecular formula is C13H19NO3. The Morgan fingerprint density at radius 1 is 1.35 bits per heavy atom. The first-order valence-electron chi connectivity index (χ1n) is 5.84. The number of rotatable bonds is 4. The van der Waals surface area contributed by atoms with Gasteiger partial charge in [-0.2, -0.15) is 0 Å². The lowest BCUT2D eigenvalue weighted by Crippen LogP contribution is -2.21. The molecule has 4 nitrogen and oxygen atoms in total. The van der Waals surface area contributed by atoms with Crippen LogP contribution in [-0.4, -0.2) is 43.4 Å². The Kier molecular flexibility index (Phi) is 3.86. The molecule has 1 heterocycles. The van der Waals surface area contributed by atoms with Gasteiger partial charge in [0.15, 0.2) is 0 Å². The molecule has 4 heteroatoms. The summed E-state index contributed by atoms with van der Waals surface area (Å²) in [5.41, 5.74) is 1.10. The lowest BCUT2D eigenvalue weighted by molar-refractivity contribution is 0.174. The van der Waals surface area contributed by atoms with Gasteiger partial charge < -0.3 is 14.6 Å². The summed E-state index contributed by atoms with van der Waals surface area (Å²) in [6.07, 6.45) is 0.665. The van der Waals surface area contributed by atoms with Crippen molar-refractivity contribution in [3.05, 3.63) is 23.8 Å². The molecule has 0 aromatic heterocycles. The quantitative estimate of drug-likeness (QED) is 0.856. The highest BCUT2D eigenvalue weighted by Gasteiger charge is 2.21. The highest BCUT2D eigenvalue weighted by atomic mass is 16.5. The van der Waals surface area contributed by atoms with Crippen molar-refractivity contribution in [2.24, 2.45) is 0 Å². The number of methoxy groups -OCH3 is 2. The normalized spacial score (nSPS) is 20.5. The number of hydrogen-bond donors (Lipinski definition) is 1. The molecule has 1 aliphatic heterocycles. The van der Waals surface area contributed by atoms with Gasteiger partial charge in [0.1, 0.15) is 11.5 Å². The van der Waals surface area contributed by atoms with Crippen molar-refractivity contribution in [2.75, 3.05) is 27.3 Å². The molecule has 0 aliphatic carbocycles. The molecular weight excluding hydrogens is 218 g/mol. The molecule has 94 valence electrons. The van der Waals surface area contributed by atoms with E-state index in [1.165, 1.54) is 0 Å². The Morgan fingerprint density at radius 2 is 2.18 bits per heavy atom. The Labute approximate surface area is 102 Å². The van der Waals surface area contributed by atoms with Crippen LogP contribution in [0.3, 0.4) is 0 Å². The summed E-state index contributed by atoms with van der Waals surface area (Å²) in [4.78, 5) is 2.22. The summed E-state index contributed by atoms with van der Waals surface area (Å²) < 4.78 is 10.6. The van der Waals surface area contributed by atoms with Crippen LogP contribution in [0.25, 0.3) is 0 Å². The van der Waals surface area contributed by atoms with E-state index in [1.807, 2.05) is 18.2 Å². The van der Waals surface area contributed by atoms with Crippen LogP contribution in [0.2, 0.25) is 0 Å². The van der Waals surface area contributed by atoms with Crippen LogP contribution in [0.4, 0.5) is 0 Å². The molecule has 2 rings (SSSR count). The van der Waals surface area contributed by atoms with Crippen LogP contribution in [0.1, 0.15) is 12.0 Å². The summed E-state index contributed by atoms with van der Waals surface area (Å²) >= 11 is 0. The van der Waals surface area contributed by atoms with Crippen molar-refractivity contribution in [2.45, 2.75) is 19.1 Å². The minimum absolute atomic E-state index is 0.188. The molecule has 1 aromatic rings. The molecule has 0 radical (unpaired) electrons. The monoisotopic (exact) mass is 237 g/mol. The number of β-amino-alcohol motifs (C(OH)–C–C–N with tert-alkyl or cyclic N) is 1. The molecule has 1 saturated heterocycles. The van der Waals surface area contributed by atoms with E-state index in [0.717, 1.165) is 43.1 Å². The first-order chi connectivity index (χ1) is 8.22. The van der Waals surface area contributed by atoms with Crippen molar-refractivity contribution in [3.8, 4) is 11.5 Å². The fourth-order valence-corrected chi connectivity index (χ4v) is 2.20. The van der Waals surface area contributed by atoms with Gasteiger partial charge in [-0.25, -0.2) is 0 Å². The number of aliphatic hydroxyl groups excluding tert-OH is 1. The lowest BCUT2D eigenvalue weighted by Gasteiger charge is -2.17. The fraction of sp³-hybridized carbons (Fsp3) is 0.538. The summed E-state index contributed by atoms with van der Waals surface area (Å²) in [6.45, 7) is 2.46. The van der Waals surface area contributed by atoms with Crippen molar-refractivity contribution >= 4 is 0 Å². The number of ether oxygens (including phenoxy) is 2. The minimum atomic E-state index is -0.188. The van der Waals surface area contributed by atoms with Crippen LogP contribution < -0.4 is 9.47 Å². The standard InChI is InChI=1S/C13H19NO3/c1-16-12-3-4-13(17-2)10(7-12)8-14-6-5-11(15)9-14/h3-4,7,11,15H,5-6,8-9H2,1-2H3. The zero-order chi connectivity index (χ0) is 12.3. The van der Waals surface area contributed by atoms with E-state index < -0.39 is 0 Å². The second-order valence-electron chi connectivity index (χ2n) is 4.36. The van der Waals surface area contributed by atoms with E-state index in [1.54, 1.807) is 14.2 Å². The predicted octanol–water partition coefficient (Wildman–Crippen LogP) is 1.27. The smallest absolute Gasteiger partial charge is 0.123 e. The topological polar surface area (TPSA) is 41.9 Å². The number of aliphatic hydroxyl groups is 1. The molecule has 0 bridgehead atoms. The molecule has 1 aromatic carbocycles. The average Bonchev–Trinajstić information content (AvgIpc) is 2.74. The zero-order valence-corrected chi connectivity index (χ0v) is 10.3. The molecule has 17 heavy (non-hydrogen) atoms. The van der Waals surface area contributed by atoms with Gasteiger partial charge in [-0.05, 0) is 24.6 Å². The van der Waals surface area contributed by atoms with Crippen LogP contribution in [0.5, 0.6) is 11.5 Å². The molecule has 0 spiro atoms. The van der Waals surface area contributed by atoms with Gasteiger partial charge in [0.05, 0.1) is 20.3 Å². The minimum Gasteiger partial charge on any atom is -0.497 e. The zero-order valence-electron chi connectivity index (χ0n) is 10.3. The average molecular weight is 237 g/mol. The van der Waals surface area contributed by atoms with E-state index in [0.29, 0.717) is 0 Å². The molecule has 0 amide bonds. The summed E-state index contributed by atoms with van der Waals surface area (Å²) in [7, 11) is 3.33. The van der Waals surface area contributed by atoms with Crippen molar-refractivity contribution in [1.82, 2.24) is 4.90 Å². The van der Waals surface area contributed by atoms with Crippen molar-refractivity contribution in [1.29, 1.82) is 0 Å². The largest absolute Gasteiger partial charge is 0.497 e. The highest BCUT2D eigenvalue weighted by molar-refractivity contribution is 5.40. The first-order valence-corrected chi connectivity index (χ1v) is 5.84. The molecule has 1 fully saturated rings. The van der Waals surface area contributed by atoms with Gasteiger partial charge in [0, 0.05) is 25.2 Å². The van der Waals surface area contributed by atoms with Crippen LogP contribution >= 0.6 is 0 Å². The van der Waals surface area contributed by atoms with Crippen molar-refractivity contribution in [3.63, 3.8) is 0 Å². The molecule has 1 aliphatic rings. The SMILES string of the molecule is COc1ccc(OC)c(CN2CCC(O)C2)c1. The number of benzene rings is 1. The van der Waals surface area contributed by atoms with E-state index in [-0.39, 0.29) is 6.10 Å². The molecule has 1 atom stereocenters. The number of nitrogens with zero attached hydrogens (tertiary/aromatic N) is 1. The Hall–Kier alpha value is -1.26. The third-order valence-electron chi connectivity index (χ3n) is 3.13. The summed E-state index contributed by atoms with van der Waals surface area (Å²) in [5.74, 6) is 1.70. The third-order valence-corrected chi connectivity index (χ3v) is 3.13. The van der Waals surface area contributed by atoms with Gasteiger partial charge in [-0.15, -0.1) is 0 Å². The summed E-state index contributed by atoms with van der Waals surface area (Å²) in [5, 5.41) is 9.51. The molecule has 1 unspecified atom stereocenters. The lowest BCUT2D eigenvalue weighted by atomic mass is 10.1. The van der Waals surface area contributed by atoms with Gasteiger partial charge >= 0.3 is 0 Å². The molecule has 0 saturated carbocycles. The fourth-order valence-electron chi connectivity index (χ4n) is 2.20. The van der Waals surface area contributed by atoms with Crippen LogP contribution in [0.15, 0.2) is 18.2 Å². The third kappa shape index (κ3) is 2.90. The Morgan fingerprint density at radius 3 is 2.76 bits per heavy atom. The van der Waals surface area contributed by atoms with Gasteiger partial charge in [0.2, 0.25) is 0 Å². The Balaban J connectivity index is 2.12. The van der Waals surface area contributed by atoms with E-state index in [9.17, 15) is 5.11 Å². The van der Waals surface area contributed by atoms with E-state index >= 15 is 0 Å². The number of hydrogen-bond acceptors (Lipinski definition) is 4. The Bertz CT molecular complexity index is 381. The second-order valence-corrected chi connectivity index (χ2v) is 4.36. The van der Waals surface area contributed by atoms with Gasteiger partial charge in [0.25, 0.3) is 0 Å². The molecule has 1 N–H and O–H groups in total. The number of likely N-dealkylation sites (tertiary alicyclic amines) is 1. The van der Waals surface area contributed by atoms with Crippen LogP contribution in [-0.2, 0) is 6.54 Å². The highest BCUT2D eigenvalue weighted by Crippen LogP contribution is 2.26. The van der Waals surface area contributed by atoms with E-state index in [4.69, 9.17) is 9.47 Å². The van der Waals surface area contributed by atoms with Gasteiger partial charge in [-0.3, -0.25) is 4.90 Å². The maximum absolute atomic E-state index is 9.51. The van der Waals surface area contributed by atoms with E-state index in [2.05, 4.69) is 4.90 Å². The first kappa shape index (κ1) is 12.2.